The third-order valence-electron chi connectivity index (χ3n) is 4.52. The first-order valence-corrected chi connectivity index (χ1v) is 11.7. The molecule has 2 aromatic heterocycles. The Morgan fingerprint density at radius 1 is 1.07 bits per heavy atom. The molecule has 0 unspecified atom stereocenters. The van der Waals surface area contributed by atoms with Gasteiger partial charge in [-0.15, -0.1) is 16.4 Å². The molecule has 0 N–H and O–H groups in total. The van der Waals surface area contributed by atoms with Crippen molar-refractivity contribution >= 4 is 44.6 Å². The van der Waals surface area contributed by atoms with Gasteiger partial charge in [0.2, 0.25) is 10.0 Å². The van der Waals surface area contributed by atoms with Crippen molar-refractivity contribution in [3.05, 3.63) is 56.3 Å². The van der Waals surface area contributed by atoms with Crippen LogP contribution in [0.3, 0.4) is 0 Å². The van der Waals surface area contributed by atoms with Gasteiger partial charge in [0.15, 0.2) is 0 Å². The minimum atomic E-state index is -3.81. The number of nitrogens with zero attached hydrogens (tertiary/aromatic N) is 4. The Kier molecular flexibility index (Phi) is 5.83. The maximum Gasteiger partial charge on any atom is 0.438 e. The molecule has 0 atom stereocenters. The van der Waals surface area contributed by atoms with E-state index >= 15 is 0 Å². The van der Waals surface area contributed by atoms with Gasteiger partial charge in [0.25, 0.3) is 5.89 Å². The van der Waals surface area contributed by atoms with Crippen LogP contribution in [-0.4, -0.2) is 53.6 Å². The Morgan fingerprint density at radius 3 is 2.38 bits per heavy atom. The Balaban J connectivity index is 1.44. The lowest BCUT2D eigenvalue weighted by molar-refractivity contribution is 0.142. The highest BCUT2D eigenvalue weighted by atomic mass is 35.5. The Bertz CT molecular complexity index is 1150. The van der Waals surface area contributed by atoms with Crippen LogP contribution >= 0.6 is 34.5 Å². The van der Waals surface area contributed by atoms with Gasteiger partial charge in [-0.1, -0.05) is 35.3 Å². The Hall–Kier alpha value is -1.69. The molecule has 1 aliphatic heterocycles. The number of hydrogen-bond acceptors (Lipinski definition) is 7. The van der Waals surface area contributed by atoms with E-state index in [1.807, 2.05) is 22.4 Å². The molecule has 154 valence electrons. The Labute approximate surface area is 180 Å². The molecular formula is C17H16Cl2N4O4S2. The summed E-state index contributed by atoms with van der Waals surface area (Å²) in [4.78, 5) is 14.7. The second-order valence-electron chi connectivity index (χ2n) is 6.36. The normalized spacial score (nSPS) is 16.3. The summed E-state index contributed by atoms with van der Waals surface area (Å²) >= 11 is 13.6. The van der Waals surface area contributed by atoms with Crippen LogP contribution in [0.2, 0.25) is 10.0 Å². The highest BCUT2D eigenvalue weighted by Gasteiger charge is 2.32. The lowest BCUT2D eigenvalue weighted by Gasteiger charge is -2.33. The number of thiophene rings is 1. The van der Waals surface area contributed by atoms with Crippen LogP contribution in [0.1, 0.15) is 0 Å². The standard InChI is InChI=1S/C17H16Cl2N4O4S2/c18-12-3-1-4-13(19)15(12)29(25,26)22-8-6-21(7-9-22)11-23-17(24)27-16(20-23)14-5-2-10-28-14/h1-5,10H,6-9,11H2. The topological polar surface area (TPSA) is 88.7 Å². The lowest BCUT2D eigenvalue weighted by Crippen LogP contribution is -2.49. The van der Waals surface area contributed by atoms with E-state index in [1.165, 1.54) is 32.5 Å². The van der Waals surface area contributed by atoms with Crippen LogP contribution in [0.25, 0.3) is 10.8 Å². The molecule has 0 aliphatic carbocycles. The van der Waals surface area contributed by atoms with Crippen LogP contribution in [0.15, 0.2) is 49.8 Å². The first-order chi connectivity index (χ1) is 13.9. The second-order valence-corrected chi connectivity index (χ2v) is 10.0. The molecule has 1 aliphatic rings. The van der Waals surface area contributed by atoms with Crippen LogP contribution in [0, 0.1) is 0 Å². The van der Waals surface area contributed by atoms with Crippen LogP contribution < -0.4 is 5.76 Å². The maximum atomic E-state index is 12.9. The molecule has 1 fully saturated rings. The molecule has 4 rings (SSSR count). The summed E-state index contributed by atoms with van der Waals surface area (Å²) in [6, 6.07) is 8.27. The molecule has 0 bridgehead atoms. The minimum absolute atomic E-state index is 0.0786. The zero-order chi connectivity index (χ0) is 20.6. The predicted octanol–water partition coefficient (Wildman–Crippen LogP) is 2.84. The van der Waals surface area contributed by atoms with Gasteiger partial charge >= 0.3 is 5.76 Å². The zero-order valence-electron chi connectivity index (χ0n) is 15.0. The summed E-state index contributed by atoms with van der Waals surface area (Å²) in [6.07, 6.45) is 0. The molecule has 0 spiro atoms. The third-order valence-corrected chi connectivity index (χ3v) is 8.23. The van der Waals surface area contributed by atoms with Crippen LogP contribution in [-0.2, 0) is 16.7 Å². The first kappa shape index (κ1) is 20.6. The first-order valence-electron chi connectivity index (χ1n) is 8.64. The summed E-state index contributed by atoms with van der Waals surface area (Å²) in [7, 11) is -3.81. The van der Waals surface area contributed by atoms with Crippen molar-refractivity contribution in [2.45, 2.75) is 11.6 Å². The lowest BCUT2D eigenvalue weighted by atomic mass is 10.4. The molecular weight excluding hydrogens is 459 g/mol. The molecule has 12 heteroatoms. The fraction of sp³-hybridized carbons (Fsp3) is 0.294. The quantitative estimate of drug-likeness (QED) is 0.564. The van der Waals surface area contributed by atoms with E-state index < -0.39 is 15.8 Å². The van der Waals surface area contributed by atoms with Crippen molar-refractivity contribution < 1.29 is 12.8 Å². The molecule has 0 saturated carbocycles. The van der Waals surface area contributed by atoms with Gasteiger partial charge in [0.05, 0.1) is 14.9 Å². The van der Waals surface area contributed by atoms with Gasteiger partial charge in [-0.25, -0.2) is 13.2 Å². The summed E-state index contributed by atoms with van der Waals surface area (Å²) in [5.41, 5.74) is 0. The van der Waals surface area contributed by atoms with Gasteiger partial charge in [-0.3, -0.25) is 4.90 Å². The minimum Gasteiger partial charge on any atom is -0.387 e. The zero-order valence-corrected chi connectivity index (χ0v) is 18.1. The van der Waals surface area contributed by atoms with Gasteiger partial charge in [0.1, 0.15) is 11.6 Å². The average molecular weight is 475 g/mol. The largest absolute Gasteiger partial charge is 0.438 e. The smallest absolute Gasteiger partial charge is 0.387 e. The average Bonchev–Trinajstić information content (AvgIpc) is 3.32. The van der Waals surface area contributed by atoms with Crippen molar-refractivity contribution in [2.24, 2.45) is 0 Å². The molecule has 3 heterocycles. The van der Waals surface area contributed by atoms with E-state index in [0.717, 1.165) is 4.88 Å². The summed E-state index contributed by atoms with van der Waals surface area (Å²) < 4.78 is 33.7. The highest BCUT2D eigenvalue weighted by Crippen LogP contribution is 2.31. The van der Waals surface area contributed by atoms with Crippen molar-refractivity contribution in [2.75, 3.05) is 26.2 Å². The molecule has 1 aromatic carbocycles. The number of hydrogen-bond donors (Lipinski definition) is 0. The van der Waals surface area contributed by atoms with E-state index in [4.69, 9.17) is 27.6 Å². The van der Waals surface area contributed by atoms with E-state index in [2.05, 4.69) is 5.10 Å². The second kappa shape index (κ2) is 8.21. The van der Waals surface area contributed by atoms with Crippen molar-refractivity contribution in [1.82, 2.24) is 19.0 Å². The van der Waals surface area contributed by atoms with Crippen molar-refractivity contribution in [1.29, 1.82) is 0 Å². The van der Waals surface area contributed by atoms with Gasteiger partial charge in [-0.2, -0.15) is 8.99 Å². The summed E-state index contributed by atoms with van der Waals surface area (Å²) in [5.74, 6) is -0.272. The number of benzene rings is 1. The number of aromatic nitrogens is 2. The number of sulfonamides is 1. The Morgan fingerprint density at radius 2 is 1.76 bits per heavy atom. The number of piperazine rings is 1. The van der Waals surface area contributed by atoms with Crippen molar-refractivity contribution in [3.8, 4) is 10.8 Å². The predicted molar refractivity (Wildman–Crippen MR) is 111 cm³/mol. The third kappa shape index (κ3) is 4.14. The molecule has 29 heavy (non-hydrogen) atoms. The van der Waals surface area contributed by atoms with Gasteiger partial charge < -0.3 is 4.42 Å². The SMILES string of the molecule is O=c1oc(-c2cccs2)nn1CN1CCN(S(=O)(=O)c2c(Cl)cccc2Cl)CC1. The van der Waals surface area contributed by atoms with Crippen molar-refractivity contribution in [3.63, 3.8) is 0 Å². The van der Waals surface area contributed by atoms with E-state index in [1.54, 1.807) is 6.07 Å². The highest BCUT2D eigenvalue weighted by molar-refractivity contribution is 7.89. The van der Waals surface area contributed by atoms with E-state index in [0.29, 0.717) is 13.1 Å². The summed E-state index contributed by atoms with van der Waals surface area (Å²) in [6.45, 7) is 1.56. The van der Waals surface area contributed by atoms with Gasteiger partial charge in [0, 0.05) is 26.2 Å². The number of rotatable bonds is 5. The van der Waals surface area contributed by atoms with Crippen LogP contribution in [0.5, 0.6) is 0 Å². The number of halogens is 2. The fourth-order valence-corrected chi connectivity index (χ4v) is 6.21. The molecule has 0 amide bonds. The fourth-order valence-electron chi connectivity index (χ4n) is 3.05. The maximum absolute atomic E-state index is 12.9. The molecule has 3 aromatic rings. The van der Waals surface area contributed by atoms with E-state index in [9.17, 15) is 13.2 Å². The molecule has 0 radical (unpaired) electrons. The summed E-state index contributed by atoms with van der Waals surface area (Å²) in [5, 5.41) is 6.28. The molecule has 1 saturated heterocycles. The monoisotopic (exact) mass is 474 g/mol. The van der Waals surface area contributed by atoms with Crippen LogP contribution in [0.4, 0.5) is 0 Å². The van der Waals surface area contributed by atoms with Gasteiger partial charge in [-0.05, 0) is 23.6 Å². The van der Waals surface area contributed by atoms with E-state index in [-0.39, 0.29) is 40.6 Å². The molecule has 8 nitrogen and oxygen atoms in total.